The maximum atomic E-state index is 12.9. The molecule has 0 atom stereocenters. The molecule has 0 spiro atoms. The summed E-state index contributed by atoms with van der Waals surface area (Å²) in [6, 6.07) is 19.0. The molecule has 1 aliphatic rings. The van der Waals surface area contributed by atoms with E-state index in [1.54, 1.807) is 12.1 Å². The number of amides is 3. The van der Waals surface area contributed by atoms with Crippen LogP contribution in [0.25, 0.3) is 6.08 Å². The minimum absolute atomic E-state index is 0.0268. The summed E-state index contributed by atoms with van der Waals surface area (Å²) in [7, 11) is 0. The first-order valence-corrected chi connectivity index (χ1v) is 12.5. The molecule has 0 saturated carbocycles. The van der Waals surface area contributed by atoms with Crippen LogP contribution in [0.2, 0.25) is 0 Å². The summed E-state index contributed by atoms with van der Waals surface area (Å²) in [5.74, 6) is -1.06. The number of anilines is 1. The first-order chi connectivity index (χ1) is 16.7. The zero-order chi connectivity index (χ0) is 25.1. The van der Waals surface area contributed by atoms with Crippen molar-refractivity contribution in [2.24, 2.45) is 0 Å². The van der Waals surface area contributed by atoms with Crippen LogP contribution in [0.3, 0.4) is 0 Å². The van der Waals surface area contributed by atoms with Crippen molar-refractivity contribution in [1.82, 2.24) is 4.90 Å². The molecule has 1 heterocycles. The number of aryl methyl sites for hydroxylation is 2. The van der Waals surface area contributed by atoms with Gasteiger partial charge in [0.1, 0.15) is 12.3 Å². The Bertz CT molecular complexity index is 1350. The first kappa shape index (κ1) is 24.8. The van der Waals surface area contributed by atoms with E-state index in [9.17, 15) is 19.5 Å². The van der Waals surface area contributed by atoms with Gasteiger partial charge in [0.15, 0.2) is 0 Å². The summed E-state index contributed by atoms with van der Waals surface area (Å²) in [5.41, 5.74) is 5.17. The lowest BCUT2D eigenvalue weighted by Gasteiger charge is -2.13. The minimum Gasteiger partial charge on any atom is -0.506 e. The van der Waals surface area contributed by atoms with E-state index in [1.807, 2.05) is 62.4 Å². The number of phenols is 1. The first-order valence-electron chi connectivity index (χ1n) is 10.9. The molecule has 3 amide bonds. The fraction of sp³-hybridized carbons (Fsp3) is 0.148. The Morgan fingerprint density at radius 3 is 2.49 bits per heavy atom. The van der Waals surface area contributed by atoms with Gasteiger partial charge in [-0.3, -0.25) is 19.3 Å². The SMILES string of the molecule is Cc1ccc(NC(=O)CN2C(=O)SC(=Cc3cc(Cc4ccccc4)cc(Br)c3O)C2=O)cc1C. The number of nitrogens with one attached hydrogen (secondary N) is 1. The van der Waals surface area contributed by atoms with Crippen molar-refractivity contribution in [3.63, 3.8) is 0 Å². The van der Waals surface area contributed by atoms with Crippen LogP contribution in [0.1, 0.15) is 27.8 Å². The maximum absolute atomic E-state index is 12.9. The summed E-state index contributed by atoms with van der Waals surface area (Å²) in [5, 5.41) is 12.7. The van der Waals surface area contributed by atoms with Crippen molar-refractivity contribution in [3.05, 3.63) is 97.9 Å². The van der Waals surface area contributed by atoms with Gasteiger partial charge in [0, 0.05) is 11.3 Å². The molecule has 0 unspecified atom stereocenters. The average Bonchev–Trinajstić information content (AvgIpc) is 3.07. The highest BCUT2D eigenvalue weighted by molar-refractivity contribution is 9.10. The van der Waals surface area contributed by atoms with E-state index in [1.165, 1.54) is 6.08 Å². The van der Waals surface area contributed by atoms with Gasteiger partial charge in [-0.1, -0.05) is 36.4 Å². The molecule has 1 aliphatic heterocycles. The molecule has 35 heavy (non-hydrogen) atoms. The summed E-state index contributed by atoms with van der Waals surface area (Å²) < 4.78 is 0.490. The summed E-state index contributed by atoms with van der Waals surface area (Å²) in [6.07, 6.45) is 2.13. The molecule has 0 radical (unpaired) electrons. The van der Waals surface area contributed by atoms with Gasteiger partial charge in [0.25, 0.3) is 11.1 Å². The van der Waals surface area contributed by atoms with E-state index in [-0.39, 0.29) is 10.7 Å². The smallest absolute Gasteiger partial charge is 0.294 e. The molecular formula is C27H23BrN2O4S. The highest BCUT2D eigenvalue weighted by atomic mass is 79.9. The van der Waals surface area contributed by atoms with Gasteiger partial charge in [-0.2, -0.15) is 0 Å². The molecule has 178 valence electrons. The predicted molar refractivity (Wildman–Crippen MR) is 142 cm³/mol. The molecule has 1 fully saturated rings. The molecule has 2 N–H and O–H groups in total. The third kappa shape index (κ3) is 5.83. The molecule has 4 rings (SSSR count). The van der Waals surface area contributed by atoms with Crippen molar-refractivity contribution >= 4 is 56.5 Å². The van der Waals surface area contributed by atoms with Gasteiger partial charge >= 0.3 is 0 Å². The molecule has 1 saturated heterocycles. The molecule has 0 aliphatic carbocycles. The molecule has 6 nitrogen and oxygen atoms in total. The maximum Gasteiger partial charge on any atom is 0.294 e. The van der Waals surface area contributed by atoms with Crippen LogP contribution >= 0.6 is 27.7 Å². The van der Waals surface area contributed by atoms with Crippen molar-refractivity contribution in [1.29, 1.82) is 0 Å². The number of carbonyl (C=O) groups excluding carboxylic acids is 3. The number of benzene rings is 3. The third-order valence-electron chi connectivity index (χ3n) is 5.66. The van der Waals surface area contributed by atoms with E-state index >= 15 is 0 Å². The van der Waals surface area contributed by atoms with Gasteiger partial charge in [-0.15, -0.1) is 0 Å². The molecule has 0 aromatic heterocycles. The second-order valence-corrected chi connectivity index (χ2v) is 10.1. The van der Waals surface area contributed by atoms with E-state index in [0.717, 1.165) is 38.9 Å². The Hall–Kier alpha value is -3.36. The number of phenolic OH excluding ortho intramolecular Hbond substituents is 1. The van der Waals surface area contributed by atoms with Crippen LogP contribution in [0.5, 0.6) is 5.75 Å². The van der Waals surface area contributed by atoms with Gasteiger partial charge in [-0.05, 0) is 101 Å². The van der Waals surface area contributed by atoms with Crippen molar-refractivity contribution in [2.45, 2.75) is 20.3 Å². The van der Waals surface area contributed by atoms with E-state index in [2.05, 4.69) is 21.2 Å². The van der Waals surface area contributed by atoms with Crippen LogP contribution in [0.15, 0.2) is 70.0 Å². The number of carbonyl (C=O) groups is 3. The number of aromatic hydroxyl groups is 1. The predicted octanol–water partition coefficient (Wildman–Crippen LogP) is 6.04. The largest absolute Gasteiger partial charge is 0.506 e. The normalized spacial score (nSPS) is 14.6. The summed E-state index contributed by atoms with van der Waals surface area (Å²) >= 11 is 4.12. The molecule has 3 aromatic rings. The van der Waals surface area contributed by atoms with Crippen LogP contribution in [0.4, 0.5) is 10.5 Å². The summed E-state index contributed by atoms with van der Waals surface area (Å²) in [6.45, 7) is 3.52. The van der Waals surface area contributed by atoms with Crippen LogP contribution in [-0.2, 0) is 16.0 Å². The lowest BCUT2D eigenvalue weighted by atomic mass is 10.0. The van der Waals surface area contributed by atoms with Gasteiger partial charge in [-0.25, -0.2) is 0 Å². The number of imide groups is 1. The fourth-order valence-corrected chi connectivity index (χ4v) is 5.02. The molecule has 0 bridgehead atoms. The van der Waals surface area contributed by atoms with Gasteiger partial charge < -0.3 is 10.4 Å². The van der Waals surface area contributed by atoms with Crippen molar-refractivity contribution in [2.75, 3.05) is 11.9 Å². The van der Waals surface area contributed by atoms with E-state index in [4.69, 9.17) is 0 Å². The van der Waals surface area contributed by atoms with Crippen LogP contribution in [0, 0.1) is 13.8 Å². The van der Waals surface area contributed by atoms with E-state index in [0.29, 0.717) is 22.1 Å². The molecular weight excluding hydrogens is 528 g/mol. The number of rotatable bonds is 6. The second-order valence-electron chi connectivity index (χ2n) is 8.29. The number of nitrogens with zero attached hydrogens (tertiary/aromatic N) is 1. The van der Waals surface area contributed by atoms with Crippen LogP contribution < -0.4 is 5.32 Å². The minimum atomic E-state index is -0.570. The Morgan fingerprint density at radius 2 is 1.77 bits per heavy atom. The highest BCUT2D eigenvalue weighted by Crippen LogP contribution is 2.37. The van der Waals surface area contributed by atoms with Crippen LogP contribution in [-0.4, -0.2) is 33.6 Å². The quantitative estimate of drug-likeness (QED) is 0.365. The monoisotopic (exact) mass is 550 g/mol. The zero-order valence-corrected chi connectivity index (χ0v) is 21.6. The Balaban J connectivity index is 1.51. The molecule has 8 heteroatoms. The number of hydrogen-bond acceptors (Lipinski definition) is 5. The van der Waals surface area contributed by atoms with Crippen molar-refractivity contribution < 1.29 is 19.5 Å². The lowest BCUT2D eigenvalue weighted by Crippen LogP contribution is -2.36. The highest BCUT2D eigenvalue weighted by Gasteiger charge is 2.36. The Labute approximate surface area is 216 Å². The number of thioether (sulfide) groups is 1. The number of halogens is 1. The summed E-state index contributed by atoms with van der Waals surface area (Å²) in [4.78, 5) is 39.0. The Morgan fingerprint density at radius 1 is 1.03 bits per heavy atom. The molecule has 3 aromatic carbocycles. The van der Waals surface area contributed by atoms with Crippen molar-refractivity contribution in [3.8, 4) is 5.75 Å². The van der Waals surface area contributed by atoms with E-state index < -0.39 is 23.6 Å². The topological polar surface area (TPSA) is 86.7 Å². The number of hydrogen-bond donors (Lipinski definition) is 2. The third-order valence-corrected chi connectivity index (χ3v) is 7.17. The standard InChI is InChI=1S/C27H23BrN2O4S/c1-16-8-9-21(10-17(16)2)29-24(31)15-30-26(33)23(35-27(30)34)14-20-12-19(13-22(28)25(20)32)11-18-6-4-3-5-7-18/h3-10,12-14,32H,11,15H2,1-2H3,(H,29,31). The fourth-order valence-electron chi connectivity index (χ4n) is 3.66. The van der Waals surface area contributed by atoms with Gasteiger partial charge in [0.2, 0.25) is 5.91 Å². The second kappa shape index (κ2) is 10.5. The van der Waals surface area contributed by atoms with Gasteiger partial charge in [0.05, 0.1) is 9.38 Å². The Kier molecular flexibility index (Phi) is 7.42. The lowest BCUT2D eigenvalue weighted by molar-refractivity contribution is -0.127. The zero-order valence-electron chi connectivity index (χ0n) is 19.2. The average molecular weight is 551 g/mol.